The molecule has 2 aromatic carbocycles. The number of carbonyl (C=O) groups is 1. The normalized spacial score (nSPS) is 14.1. The number of rotatable bonds is 5. The van der Waals surface area contributed by atoms with Crippen LogP contribution in [0.15, 0.2) is 59.1 Å². The van der Waals surface area contributed by atoms with Gasteiger partial charge in [0, 0.05) is 23.1 Å². The van der Waals surface area contributed by atoms with E-state index in [1.54, 1.807) is 48.9 Å². The zero-order chi connectivity index (χ0) is 23.2. The molecule has 2 aromatic heterocycles. The molecule has 1 aliphatic heterocycles. The molecule has 3 heterocycles. The number of amides is 1. The first-order chi connectivity index (χ1) is 15.9. The fraction of sp³-hybridized carbons (Fsp3) is 0.136. The van der Waals surface area contributed by atoms with E-state index in [0.29, 0.717) is 27.7 Å². The molecule has 0 saturated heterocycles. The highest BCUT2D eigenvalue weighted by molar-refractivity contribution is 7.91. The number of fused-ring (bicyclic) bond motifs is 1. The molecule has 168 valence electrons. The van der Waals surface area contributed by atoms with Gasteiger partial charge in [-0.05, 0) is 48.5 Å². The quantitative estimate of drug-likeness (QED) is 0.461. The molecular formula is C22H17FN4O4S2. The number of nitrogens with zero attached hydrogens (tertiary/aromatic N) is 3. The molecule has 0 atom stereocenters. The number of hydrogen-bond donors (Lipinski definition) is 1. The number of ether oxygens (including phenoxy) is 1. The number of methoxy groups -OCH3 is 1. The summed E-state index contributed by atoms with van der Waals surface area (Å²) in [5.74, 6) is -0.347. The molecular weight excluding hydrogens is 467 g/mol. The average molecular weight is 485 g/mol. The van der Waals surface area contributed by atoms with Crippen molar-refractivity contribution in [1.29, 1.82) is 0 Å². The number of halogens is 1. The lowest BCUT2D eigenvalue weighted by Crippen LogP contribution is -2.17. The molecule has 5 rings (SSSR count). The highest BCUT2D eigenvalue weighted by Crippen LogP contribution is 2.32. The Balaban J connectivity index is 1.50. The van der Waals surface area contributed by atoms with Crippen LogP contribution >= 0.6 is 11.3 Å². The van der Waals surface area contributed by atoms with Crippen molar-refractivity contribution in [2.24, 2.45) is 0 Å². The molecule has 11 heteroatoms. The molecule has 0 saturated carbocycles. The predicted octanol–water partition coefficient (Wildman–Crippen LogP) is 3.86. The van der Waals surface area contributed by atoms with Crippen LogP contribution in [0.2, 0.25) is 0 Å². The Morgan fingerprint density at radius 1 is 1.09 bits per heavy atom. The fourth-order valence-corrected chi connectivity index (χ4v) is 5.67. The molecule has 1 aliphatic rings. The lowest BCUT2D eigenvalue weighted by atomic mass is 10.1. The van der Waals surface area contributed by atoms with E-state index in [-0.39, 0.29) is 34.7 Å². The van der Waals surface area contributed by atoms with E-state index >= 15 is 0 Å². The Bertz CT molecular complexity index is 1460. The van der Waals surface area contributed by atoms with Crippen molar-refractivity contribution in [1.82, 2.24) is 14.5 Å². The van der Waals surface area contributed by atoms with E-state index in [4.69, 9.17) is 4.74 Å². The van der Waals surface area contributed by atoms with Gasteiger partial charge < -0.3 is 9.30 Å². The summed E-state index contributed by atoms with van der Waals surface area (Å²) in [4.78, 5) is 22.0. The van der Waals surface area contributed by atoms with Gasteiger partial charge in [-0.2, -0.15) is 0 Å². The molecule has 0 bridgehead atoms. The number of nitrogens with one attached hydrogen (secondary N) is 1. The maximum absolute atomic E-state index is 13.3. The molecule has 0 spiro atoms. The van der Waals surface area contributed by atoms with E-state index in [9.17, 15) is 17.6 Å². The third-order valence-electron chi connectivity index (χ3n) is 5.24. The number of aromatic nitrogens is 3. The number of benzene rings is 2. The van der Waals surface area contributed by atoms with Gasteiger partial charge in [-0.25, -0.2) is 22.8 Å². The van der Waals surface area contributed by atoms with Crippen molar-refractivity contribution in [3.63, 3.8) is 0 Å². The van der Waals surface area contributed by atoms with Crippen molar-refractivity contribution in [3.8, 4) is 28.3 Å². The standard InChI is InChI=1S/C22H17FN4O4S2/c1-31-16-8-4-14(5-9-16)18-19(27-10-11-33(29,30)22(27)25-18)20(28)26-21-24-17(12-32-21)13-2-6-15(23)7-3-13/h2-9,12H,10-11H2,1H3,(H,24,26,28). The molecule has 4 aromatic rings. The van der Waals surface area contributed by atoms with Crippen LogP contribution in [0.1, 0.15) is 10.5 Å². The monoisotopic (exact) mass is 484 g/mol. The van der Waals surface area contributed by atoms with Crippen molar-refractivity contribution < 1.29 is 22.3 Å². The maximum atomic E-state index is 13.3. The van der Waals surface area contributed by atoms with Crippen LogP contribution in [-0.2, 0) is 16.4 Å². The zero-order valence-electron chi connectivity index (χ0n) is 17.3. The van der Waals surface area contributed by atoms with Crippen molar-refractivity contribution in [2.45, 2.75) is 11.7 Å². The van der Waals surface area contributed by atoms with Crippen LogP contribution in [0.3, 0.4) is 0 Å². The van der Waals surface area contributed by atoms with E-state index in [0.717, 1.165) is 0 Å². The molecule has 0 fully saturated rings. The number of thiazole rings is 1. The van der Waals surface area contributed by atoms with Crippen LogP contribution < -0.4 is 10.1 Å². The minimum absolute atomic E-state index is 0.107. The van der Waals surface area contributed by atoms with Gasteiger partial charge in [0.15, 0.2) is 5.13 Å². The topological polar surface area (TPSA) is 103 Å². The summed E-state index contributed by atoms with van der Waals surface area (Å²) in [6.07, 6.45) is 0. The summed E-state index contributed by atoms with van der Waals surface area (Å²) >= 11 is 1.21. The first kappa shape index (κ1) is 21.3. The zero-order valence-corrected chi connectivity index (χ0v) is 18.9. The number of imidazole rings is 1. The van der Waals surface area contributed by atoms with Crippen LogP contribution in [0.4, 0.5) is 9.52 Å². The van der Waals surface area contributed by atoms with Crippen molar-refractivity contribution in [3.05, 3.63) is 65.4 Å². The Morgan fingerprint density at radius 2 is 1.79 bits per heavy atom. The lowest BCUT2D eigenvalue weighted by Gasteiger charge is -2.08. The first-order valence-electron chi connectivity index (χ1n) is 9.86. The van der Waals surface area contributed by atoms with Gasteiger partial charge in [-0.1, -0.05) is 0 Å². The SMILES string of the molecule is COc1ccc(-c2nc3n(c2C(=O)Nc2nc(-c4ccc(F)cc4)cs2)CCS3(=O)=O)cc1. The molecule has 1 amide bonds. The van der Waals surface area contributed by atoms with Crippen LogP contribution in [0.25, 0.3) is 22.5 Å². The van der Waals surface area contributed by atoms with Gasteiger partial charge in [0.2, 0.25) is 15.0 Å². The number of carbonyl (C=O) groups excluding carboxylic acids is 1. The first-order valence-corrected chi connectivity index (χ1v) is 12.4. The average Bonchev–Trinajstić information content (AvgIpc) is 3.50. The Labute approximate surface area is 192 Å². The Kier molecular flexibility index (Phi) is 5.22. The van der Waals surface area contributed by atoms with Gasteiger partial charge >= 0.3 is 0 Å². The lowest BCUT2D eigenvalue weighted by molar-refractivity contribution is 0.101. The highest BCUT2D eigenvalue weighted by atomic mass is 32.2. The molecule has 0 radical (unpaired) electrons. The van der Waals surface area contributed by atoms with Gasteiger partial charge in [0.1, 0.15) is 23.0 Å². The summed E-state index contributed by atoms with van der Waals surface area (Å²) in [7, 11) is -2.02. The fourth-order valence-electron chi connectivity index (χ4n) is 3.60. The Morgan fingerprint density at radius 3 is 2.48 bits per heavy atom. The van der Waals surface area contributed by atoms with Gasteiger partial charge in [0.25, 0.3) is 5.91 Å². The molecule has 8 nitrogen and oxygen atoms in total. The summed E-state index contributed by atoms with van der Waals surface area (Å²) in [6, 6.07) is 12.7. The molecule has 1 N–H and O–H groups in total. The van der Waals surface area contributed by atoms with Gasteiger partial charge in [-0.3, -0.25) is 10.1 Å². The molecule has 33 heavy (non-hydrogen) atoms. The highest BCUT2D eigenvalue weighted by Gasteiger charge is 2.35. The van der Waals surface area contributed by atoms with Crippen LogP contribution in [0.5, 0.6) is 5.75 Å². The van der Waals surface area contributed by atoms with E-state index in [1.165, 1.54) is 28.0 Å². The summed E-state index contributed by atoms with van der Waals surface area (Å²) < 4.78 is 44.7. The second-order valence-electron chi connectivity index (χ2n) is 7.29. The number of sulfone groups is 1. The third kappa shape index (κ3) is 3.89. The van der Waals surface area contributed by atoms with Crippen LogP contribution in [0, 0.1) is 5.82 Å². The molecule has 0 unspecified atom stereocenters. The van der Waals surface area contributed by atoms with Crippen LogP contribution in [-0.4, -0.2) is 41.7 Å². The minimum atomic E-state index is -3.57. The van der Waals surface area contributed by atoms with Crippen molar-refractivity contribution >= 4 is 32.2 Å². The largest absolute Gasteiger partial charge is 0.497 e. The van der Waals surface area contributed by atoms with Gasteiger partial charge in [0.05, 0.1) is 18.6 Å². The second-order valence-corrected chi connectivity index (χ2v) is 10.2. The van der Waals surface area contributed by atoms with E-state index in [1.807, 2.05) is 0 Å². The smallest absolute Gasteiger partial charge is 0.276 e. The predicted molar refractivity (Wildman–Crippen MR) is 122 cm³/mol. The maximum Gasteiger partial charge on any atom is 0.276 e. The summed E-state index contributed by atoms with van der Waals surface area (Å²) in [5, 5.41) is 4.71. The number of hydrogen-bond acceptors (Lipinski definition) is 7. The summed E-state index contributed by atoms with van der Waals surface area (Å²) in [6.45, 7) is 0.141. The second kappa shape index (κ2) is 8.09. The van der Waals surface area contributed by atoms with E-state index < -0.39 is 15.7 Å². The summed E-state index contributed by atoms with van der Waals surface area (Å²) in [5.41, 5.74) is 2.30. The molecule has 0 aliphatic carbocycles. The Hall–Kier alpha value is -3.57. The van der Waals surface area contributed by atoms with Gasteiger partial charge in [-0.15, -0.1) is 11.3 Å². The van der Waals surface area contributed by atoms with E-state index in [2.05, 4.69) is 15.3 Å². The third-order valence-corrected chi connectivity index (χ3v) is 7.58. The van der Waals surface area contributed by atoms with Crippen molar-refractivity contribution in [2.75, 3.05) is 18.2 Å². The number of anilines is 1. The minimum Gasteiger partial charge on any atom is -0.497 e.